The summed E-state index contributed by atoms with van der Waals surface area (Å²) in [5, 5.41) is 0. The van der Waals surface area contributed by atoms with Crippen molar-refractivity contribution in [3.8, 4) is 11.8 Å². The maximum Gasteiger partial charge on any atom is 0.338 e. The molecular formula is C12H12BrN2O2+. The molecule has 1 aliphatic rings. The topological polar surface area (TPSA) is 56.2 Å². The Hall–Kier alpha value is -1.54. The predicted octanol–water partition coefficient (Wildman–Crippen LogP) is 0.999. The lowest BCUT2D eigenvalue weighted by atomic mass is 10.2. The zero-order chi connectivity index (χ0) is 12.4. The third kappa shape index (κ3) is 2.77. The molecule has 0 amide bonds. The van der Waals surface area contributed by atoms with Crippen LogP contribution in [-0.2, 0) is 4.74 Å². The lowest BCUT2D eigenvalue weighted by molar-refractivity contribution is -0.652. The van der Waals surface area contributed by atoms with Crippen LogP contribution in [0.4, 0.5) is 0 Å². The van der Waals surface area contributed by atoms with Gasteiger partial charge in [-0.1, -0.05) is 10.6 Å². The number of hydrogen-bond donors (Lipinski definition) is 1. The van der Waals surface area contributed by atoms with Crippen molar-refractivity contribution in [2.45, 2.75) is 12.8 Å². The number of hydrogen-bond acceptors (Lipinski definition) is 3. The first-order valence-corrected chi connectivity index (χ1v) is 6.01. The summed E-state index contributed by atoms with van der Waals surface area (Å²) >= 11 is 3.28. The fourth-order valence-corrected chi connectivity index (χ4v) is 1.74. The van der Waals surface area contributed by atoms with Crippen molar-refractivity contribution in [1.29, 1.82) is 0 Å². The lowest BCUT2D eigenvalue weighted by Gasteiger charge is -1.99. The van der Waals surface area contributed by atoms with Crippen LogP contribution < -0.4 is 10.5 Å². The minimum absolute atomic E-state index is 0.402. The van der Waals surface area contributed by atoms with Gasteiger partial charge in [-0.05, 0) is 12.8 Å². The molecule has 0 atom stereocenters. The number of carbonyl (C=O) groups excluding carboxylic acids is 1. The van der Waals surface area contributed by atoms with Crippen LogP contribution in [0.5, 0.6) is 0 Å². The third-order valence-corrected chi connectivity index (χ3v) is 3.07. The Balaban J connectivity index is 2.39. The number of nitrogens with two attached hydrogens (primary N) is 1. The van der Waals surface area contributed by atoms with Gasteiger partial charge in [-0.15, -0.1) is 0 Å². The van der Waals surface area contributed by atoms with Gasteiger partial charge in [-0.25, -0.2) is 10.6 Å². The Kier molecular flexibility index (Phi) is 3.34. The van der Waals surface area contributed by atoms with Crippen LogP contribution in [0.3, 0.4) is 0 Å². The average Bonchev–Trinajstić information content (AvgIpc) is 3.13. The molecule has 0 unspecified atom stereocenters. The zero-order valence-corrected chi connectivity index (χ0v) is 11.0. The molecule has 2 rings (SSSR count). The van der Waals surface area contributed by atoms with Crippen LogP contribution in [0.15, 0.2) is 16.7 Å². The molecule has 4 nitrogen and oxygen atoms in total. The van der Waals surface area contributed by atoms with E-state index in [2.05, 4.69) is 32.5 Å². The fourth-order valence-electron chi connectivity index (χ4n) is 1.31. The SMILES string of the molecule is COC(=O)c1cc(Br)[n+](N)c(C#CC2CC2)c1. The molecule has 1 aromatic heterocycles. The maximum atomic E-state index is 11.4. The molecule has 0 bridgehead atoms. The number of nitrogen functional groups attached to an aromatic ring is 1. The highest BCUT2D eigenvalue weighted by Gasteiger charge is 2.20. The maximum absolute atomic E-state index is 11.4. The zero-order valence-electron chi connectivity index (χ0n) is 9.37. The Morgan fingerprint density at radius 1 is 1.59 bits per heavy atom. The third-order valence-electron chi connectivity index (χ3n) is 2.46. The largest absolute Gasteiger partial charge is 0.465 e. The van der Waals surface area contributed by atoms with Crippen LogP contribution in [0.1, 0.15) is 28.9 Å². The van der Waals surface area contributed by atoms with Gasteiger partial charge in [0.25, 0.3) is 10.3 Å². The molecule has 0 aromatic carbocycles. The summed E-state index contributed by atoms with van der Waals surface area (Å²) in [5.74, 6) is 12.0. The summed E-state index contributed by atoms with van der Waals surface area (Å²) in [4.78, 5) is 11.4. The van der Waals surface area contributed by atoms with E-state index in [0.717, 1.165) is 12.8 Å². The normalized spacial score (nSPS) is 13.8. The second kappa shape index (κ2) is 4.76. The first-order valence-electron chi connectivity index (χ1n) is 5.22. The number of ether oxygens (including phenoxy) is 1. The van der Waals surface area contributed by atoms with E-state index in [0.29, 0.717) is 21.8 Å². The monoisotopic (exact) mass is 295 g/mol. The standard InChI is InChI=1S/C12H11BrN2O2/c1-17-12(16)9-6-10(5-4-8-2-3-8)15(14)11(13)7-9/h6-8H,2-3H2,1H3,(H-,14,16)/p+1. The molecule has 2 N–H and O–H groups in total. The number of pyridine rings is 1. The number of rotatable bonds is 1. The van der Waals surface area contributed by atoms with E-state index in [1.165, 1.54) is 11.8 Å². The van der Waals surface area contributed by atoms with E-state index in [1.54, 1.807) is 12.1 Å². The predicted molar refractivity (Wildman–Crippen MR) is 65.4 cm³/mol. The van der Waals surface area contributed by atoms with Crippen LogP contribution in [-0.4, -0.2) is 13.1 Å². The molecule has 1 fully saturated rings. The van der Waals surface area contributed by atoms with E-state index in [4.69, 9.17) is 5.84 Å². The van der Waals surface area contributed by atoms with Crippen molar-refractivity contribution in [2.24, 2.45) is 5.92 Å². The van der Waals surface area contributed by atoms with Gasteiger partial charge in [0.05, 0.1) is 12.7 Å². The van der Waals surface area contributed by atoms with Crippen molar-refractivity contribution in [3.63, 3.8) is 0 Å². The van der Waals surface area contributed by atoms with Gasteiger partial charge in [-0.2, -0.15) is 0 Å². The summed E-state index contributed by atoms with van der Waals surface area (Å²) < 4.78 is 6.65. The smallest absolute Gasteiger partial charge is 0.338 e. The van der Waals surface area contributed by atoms with Gasteiger partial charge in [0.15, 0.2) is 0 Å². The Morgan fingerprint density at radius 3 is 2.88 bits per heavy atom. The van der Waals surface area contributed by atoms with Gasteiger partial charge in [0.2, 0.25) is 0 Å². The van der Waals surface area contributed by atoms with Crippen LogP contribution >= 0.6 is 15.9 Å². The molecular weight excluding hydrogens is 284 g/mol. The van der Waals surface area contributed by atoms with Crippen molar-refractivity contribution in [2.75, 3.05) is 13.0 Å². The van der Waals surface area contributed by atoms with E-state index in [9.17, 15) is 4.79 Å². The van der Waals surface area contributed by atoms with Crippen LogP contribution in [0.2, 0.25) is 0 Å². The highest BCUT2D eigenvalue weighted by atomic mass is 79.9. The molecule has 1 aromatic rings. The molecule has 1 aliphatic carbocycles. The van der Waals surface area contributed by atoms with Crippen LogP contribution in [0, 0.1) is 17.8 Å². The molecule has 0 saturated heterocycles. The van der Waals surface area contributed by atoms with Gasteiger partial charge in [0.1, 0.15) is 0 Å². The van der Waals surface area contributed by atoms with Crippen molar-refractivity contribution in [3.05, 3.63) is 28.0 Å². The van der Waals surface area contributed by atoms with Crippen LogP contribution in [0.25, 0.3) is 0 Å². The lowest BCUT2D eigenvalue weighted by Crippen LogP contribution is -2.49. The molecule has 0 aliphatic heterocycles. The minimum atomic E-state index is -0.402. The molecule has 0 spiro atoms. The summed E-state index contributed by atoms with van der Waals surface area (Å²) in [6, 6.07) is 3.24. The summed E-state index contributed by atoms with van der Waals surface area (Å²) in [6.45, 7) is 0. The first-order chi connectivity index (χ1) is 8.11. The number of esters is 1. The van der Waals surface area contributed by atoms with Crippen molar-refractivity contribution < 1.29 is 14.2 Å². The summed E-state index contributed by atoms with van der Waals surface area (Å²) in [5.41, 5.74) is 1.02. The minimum Gasteiger partial charge on any atom is -0.465 e. The highest BCUT2D eigenvalue weighted by molar-refractivity contribution is 9.10. The van der Waals surface area contributed by atoms with Gasteiger partial charge < -0.3 is 4.74 Å². The number of nitrogens with zero attached hydrogens (tertiary/aromatic N) is 1. The van der Waals surface area contributed by atoms with Crippen molar-refractivity contribution >= 4 is 21.9 Å². The Morgan fingerprint density at radius 2 is 2.29 bits per heavy atom. The molecule has 1 heterocycles. The number of halogens is 1. The van der Waals surface area contributed by atoms with E-state index in [1.807, 2.05) is 0 Å². The molecule has 5 heteroatoms. The average molecular weight is 296 g/mol. The second-order valence-corrected chi connectivity index (χ2v) is 4.67. The quantitative estimate of drug-likeness (QED) is 0.276. The molecule has 17 heavy (non-hydrogen) atoms. The first kappa shape index (κ1) is 11.9. The number of methoxy groups -OCH3 is 1. The highest BCUT2D eigenvalue weighted by Crippen LogP contribution is 2.27. The van der Waals surface area contributed by atoms with Gasteiger partial charge in [0, 0.05) is 39.9 Å². The molecule has 0 radical (unpaired) electrons. The van der Waals surface area contributed by atoms with Gasteiger partial charge in [-0.3, -0.25) is 0 Å². The number of carbonyl (C=O) groups is 1. The Bertz CT molecular complexity index is 527. The van der Waals surface area contributed by atoms with E-state index < -0.39 is 5.97 Å². The Labute approximate surface area is 108 Å². The van der Waals surface area contributed by atoms with E-state index >= 15 is 0 Å². The summed E-state index contributed by atoms with van der Waals surface area (Å²) in [7, 11) is 1.34. The number of aromatic nitrogens is 1. The fraction of sp³-hybridized carbons (Fsp3) is 0.333. The molecule has 88 valence electrons. The van der Waals surface area contributed by atoms with Crippen molar-refractivity contribution in [1.82, 2.24) is 0 Å². The second-order valence-electron chi connectivity index (χ2n) is 3.86. The van der Waals surface area contributed by atoms with E-state index in [-0.39, 0.29) is 0 Å². The molecule has 1 saturated carbocycles. The van der Waals surface area contributed by atoms with Gasteiger partial charge >= 0.3 is 5.97 Å². The summed E-state index contributed by atoms with van der Waals surface area (Å²) in [6.07, 6.45) is 2.30.